The highest BCUT2D eigenvalue weighted by Crippen LogP contribution is 2.36. The van der Waals surface area contributed by atoms with Crippen LogP contribution in [0.4, 0.5) is 17.6 Å². The SMILES string of the molecule is CC(=O)C(CC(C)C)c1cc(-c2ccc(C(F)(F)F)cc2)cc(-c2ccccc2F)c1. The highest BCUT2D eigenvalue weighted by atomic mass is 19.4. The molecule has 0 aliphatic rings. The van der Waals surface area contributed by atoms with Crippen molar-refractivity contribution in [1.29, 1.82) is 0 Å². The van der Waals surface area contributed by atoms with E-state index in [0.29, 0.717) is 28.7 Å². The zero-order chi connectivity index (χ0) is 22.8. The van der Waals surface area contributed by atoms with Crippen molar-refractivity contribution in [3.05, 3.63) is 83.7 Å². The molecule has 0 fully saturated rings. The Balaban J connectivity index is 2.17. The van der Waals surface area contributed by atoms with Gasteiger partial charge >= 0.3 is 6.18 Å². The lowest BCUT2D eigenvalue weighted by atomic mass is 9.84. The first-order valence-electron chi connectivity index (χ1n) is 10.1. The van der Waals surface area contributed by atoms with Crippen LogP contribution in [0.2, 0.25) is 0 Å². The van der Waals surface area contributed by atoms with Crippen LogP contribution in [0.25, 0.3) is 22.3 Å². The molecule has 0 saturated carbocycles. The molecule has 1 nitrogen and oxygen atoms in total. The second-order valence-electron chi connectivity index (χ2n) is 8.19. The van der Waals surface area contributed by atoms with Crippen molar-refractivity contribution in [2.45, 2.75) is 39.3 Å². The van der Waals surface area contributed by atoms with Crippen LogP contribution < -0.4 is 0 Å². The normalized spacial score (nSPS) is 12.8. The number of hydrogen-bond donors (Lipinski definition) is 0. The molecular formula is C26H24F4O. The van der Waals surface area contributed by atoms with Gasteiger partial charge in [-0.15, -0.1) is 0 Å². The molecule has 31 heavy (non-hydrogen) atoms. The number of halogens is 4. The van der Waals surface area contributed by atoms with Crippen molar-refractivity contribution in [2.24, 2.45) is 5.92 Å². The van der Waals surface area contributed by atoms with Gasteiger partial charge in [0.15, 0.2) is 0 Å². The summed E-state index contributed by atoms with van der Waals surface area (Å²) in [5, 5.41) is 0. The van der Waals surface area contributed by atoms with Gasteiger partial charge in [-0.1, -0.05) is 56.3 Å². The van der Waals surface area contributed by atoms with Crippen molar-refractivity contribution < 1.29 is 22.4 Å². The number of hydrogen-bond acceptors (Lipinski definition) is 1. The van der Waals surface area contributed by atoms with E-state index >= 15 is 0 Å². The lowest BCUT2D eigenvalue weighted by molar-refractivity contribution is -0.137. The quantitative estimate of drug-likeness (QED) is 0.365. The summed E-state index contributed by atoms with van der Waals surface area (Å²) in [7, 11) is 0. The smallest absolute Gasteiger partial charge is 0.299 e. The second kappa shape index (κ2) is 9.04. The maximum absolute atomic E-state index is 14.5. The fraction of sp³-hybridized carbons (Fsp3) is 0.269. The standard InChI is InChI=1S/C26H24F4O/c1-16(2)12-24(17(3)31)21-14-19(18-8-10-22(11-9-18)26(28,29)30)13-20(15-21)23-6-4-5-7-25(23)27/h4-11,13-16,24H,12H2,1-3H3. The Kier molecular flexibility index (Phi) is 6.63. The van der Waals surface area contributed by atoms with Crippen LogP contribution in [-0.4, -0.2) is 5.78 Å². The minimum absolute atomic E-state index is 0.00208. The number of benzene rings is 3. The van der Waals surface area contributed by atoms with E-state index in [1.807, 2.05) is 19.9 Å². The Morgan fingerprint density at radius 2 is 1.48 bits per heavy atom. The first-order valence-corrected chi connectivity index (χ1v) is 10.1. The van der Waals surface area contributed by atoms with Crippen molar-refractivity contribution in [3.8, 4) is 22.3 Å². The van der Waals surface area contributed by atoms with Crippen LogP contribution in [0.5, 0.6) is 0 Å². The molecule has 0 saturated heterocycles. The van der Waals surface area contributed by atoms with Crippen LogP contribution in [0.1, 0.15) is 44.2 Å². The van der Waals surface area contributed by atoms with Gasteiger partial charge in [-0.2, -0.15) is 13.2 Å². The fourth-order valence-corrected chi connectivity index (χ4v) is 3.73. The highest BCUT2D eigenvalue weighted by Gasteiger charge is 2.30. The van der Waals surface area contributed by atoms with E-state index in [2.05, 4.69) is 0 Å². The lowest BCUT2D eigenvalue weighted by Crippen LogP contribution is -2.12. The zero-order valence-electron chi connectivity index (χ0n) is 17.6. The maximum Gasteiger partial charge on any atom is 0.416 e. The van der Waals surface area contributed by atoms with Crippen molar-refractivity contribution in [3.63, 3.8) is 0 Å². The summed E-state index contributed by atoms with van der Waals surface area (Å²) in [5.41, 5.74) is 2.17. The van der Waals surface area contributed by atoms with E-state index in [-0.39, 0.29) is 17.6 Å². The van der Waals surface area contributed by atoms with Gasteiger partial charge in [0.1, 0.15) is 11.6 Å². The Morgan fingerprint density at radius 1 is 0.871 bits per heavy atom. The first-order chi connectivity index (χ1) is 14.6. The van der Waals surface area contributed by atoms with Crippen LogP contribution in [0.3, 0.4) is 0 Å². The Bertz CT molecular complexity index is 1070. The summed E-state index contributed by atoms with van der Waals surface area (Å²) in [5.74, 6) is -0.514. The molecule has 3 rings (SSSR count). The van der Waals surface area contributed by atoms with E-state index in [9.17, 15) is 22.4 Å². The predicted molar refractivity (Wildman–Crippen MR) is 115 cm³/mol. The van der Waals surface area contributed by atoms with Crippen molar-refractivity contribution in [1.82, 2.24) is 0 Å². The Labute approximate surface area is 179 Å². The van der Waals surface area contributed by atoms with Gasteiger partial charge in [0, 0.05) is 11.5 Å². The number of ketones is 1. The number of Topliss-reactive ketones (excluding diaryl/α,β-unsaturated/α-hetero) is 1. The van der Waals surface area contributed by atoms with Gasteiger partial charge in [-0.3, -0.25) is 4.79 Å². The number of rotatable bonds is 6. The van der Waals surface area contributed by atoms with Crippen molar-refractivity contribution >= 4 is 5.78 Å². The summed E-state index contributed by atoms with van der Waals surface area (Å²) >= 11 is 0. The fourth-order valence-electron chi connectivity index (χ4n) is 3.73. The minimum atomic E-state index is -4.42. The third kappa shape index (κ3) is 5.40. The molecule has 0 bridgehead atoms. The molecule has 0 aliphatic heterocycles. The van der Waals surface area contributed by atoms with Gasteiger partial charge in [0.2, 0.25) is 0 Å². The topological polar surface area (TPSA) is 17.1 Å². The molecule has 0 heterocycles. The molecule has 3 aromatic carbocycles. The summed E-state index contributed by atoms with van der Waals surface area (Å²) in [4.78, 5) is 12.4. The summed E-state index contributed by atoms with van der Waals surface area (Å²) in [6.45, 7) is 5.57. The summed E-state index contributed by atoms with van der Waals surface area (Å²) < 4.78 is 53.4. The third-order valence-electron chi connectivity index (χ3n) is 5.29. The Hall–Kier alpha value is -2.95. The Morgan fingerprint density at radius 3 is 2.03 bits per heavy atom. The molecule has 3 aromatic rings. The van der Waals surface area contributed by atoms with Crippen LogP contribution >= 0.6 is 0 Å². The predicted octanol–water partition coefficient (Wildman–Crippen LogP) is 7.90. The van der Waals surface area contributed by atoms with Crippen molar-refractivity contribution in [2.75, 3.05) is 0 Å². The molecule has 0 spiro atoms. The average Bonchev–Trinajstić information content (AvgIpc) is 2.71. The molecule has 0 radical (unpaired) electrons. The minimum Gasteiger partial charge on any atom is -0.299 e. The van der Waals surface area contributed by atoms with E-state index in [1.165, 1.54) is 25.1 Å². The summed E-state index contributed by atoms with van der Waals surface area (Å²) in [6.07, 6.45) is -3.79. The highest BCUT2D eigenvalue weighted by molar-refractivity contribution is 5.85. The van der Waals surface area contributed by atoms with E-state index in [0.717, 1.165) is 17.7 Å². The van der Waals surface area contributed by atoms with Gasteiger partial charge < -0.3 is 0 Å². The largest absolute Gasteiger partial charge is 0.416 e. The monoisotopic (exact) mass is 428 g/mol. The van der Waals surface area contributed by atoms with E-state index in [1.54, 1.807) is 30.3 Å². The average molecular weight is 428 g/mol. The number of carbonyl (C=O) groups is 1. The first kappa shape index (κ1) is 22.7. The third-order valence-corrected chi connectivity index (χ3v) is 5.29. The molecule has 1 unspecified atom stereocenters. The molecule has 0 aromatic heterocycles. The summed E-state index contributed by atoms with van der Waals surface area (Å²) in [6, 6.07) is 16.6. The van der Waals surface area contributed by atoms with Crippen LogP contribution in [0, 0.1) is 11.7 Å². The second-order valence-corrected chi connectivity index (χ2v) is 8.19. The van der Waals surface area contributed by atoms with E-state index < -0.39 is 17.6 Å². The van der Waals surface area contributed by atoms with Gasteiger partial charge in [-0.05, 0) is 65.8 Å². The van der Waals surface area contributed by atoms with Gasteiger partial charge in [0.05, 0.1) is 5.56 Å². The molecule has 5 heteroatoms. The molecular weight excluding hydrogens is 404 g/mol. The number of carbonyl (C=O) groups excluding carboxylic acids is 1. The maximum atomic E-state index is 14.5. The molecule has 0 aliphatic carbocycles. The van der Waals surface area contributed by atoms with Gasteiger partial charge in [0.25, 0.3) is 0 Å². The van der Waals surface area contributed by atoms with E-state index in [4.69, 9.17) is 0 Å². The van der Waals surface area contributed by atoms with Gasteiger partial charge in [-0.25, -0.2) is 4.39 Å². The molecule has 0 N–H and O–H groups in total. The number of alkyl halides is 3. The molecule has 162 valence electrons. The lowest BCUT2D eigenvalue weighted by Gasteiger charge is -2.19. The van der Waals surface area contributed by atoms with Crippen LogP contribution in [0.15, 0.2) is 66.7 Å². The zero-order valence-corrected chi connectivity index (χ0v) is 17.6. The molecule has 0 amide bonds. The van der Waals surface area contributed by atoms with Crippen LogP contribution in [-0.2, 0) is 11.0 Å². The molecule has 1 atom stereocenters.